The molecule has 0 aliphatic heterocycles. The number of halogens is 1. The number of hydrogen-bond donors (Lipinski definition) is 2. The van der Waals surface area contributed by atoms with Crippen molar-refractivity contribution in [1.82, 2.24) is 5.32 Å². The molecule has 0 saturated heterocycles. The molecule has 0 atom stereocenters. The first-order chi connectivity index (χ1) is 10.9. The van der Waals surface area contributed by atoms with E-state index in [1.807, 2.05) is 0 Å². The number of nitrogens with zero attached hydrogens (tertiary/aromatic N) is 1. The van der Waals surface area contributed by atoms with E-state index in [4.69, 9.17) is 23.8 Å². The van der Waals surface area contributed by atoms with Crippen LogP contribution < -0.4 is 10.6 Å². The van der Waals surface area contributed by atoms with Gasteiger partial charge in [-0.3, -0.25) is 20.2 Å². The van der Waals surface area contributed by atoms with Crippen LogP contribution in [0.3, 0.4) is 0 Å². The lowest BCUT2D eigenvalue weighted by Crippen LogP contribution is -2.34. The summed E-state index contributed by atoms with van der Waals surface area (Å²) in [4.78, 5) is 22.6. The Bertz CT molecular complexity index is 795. The highest BCUT2D eigenvalue weighted by Gasteiger charge is 2.16. The van der Waals surface area contributed by atoms with Crippen molar-refractivity contribution in [3.8, 4) is 0 Å². The summed E-state index contributed by atoms with van der Waals surface area (Å²) in [6, 6.07) is 11.0. The molecule has 2 rings (SSSR count). The first-order valence-corrected chi connectivity index (χ1v) is 7.28. The SMILES string of the molecule is Cc1ccc(NC(=S)NC(=O)c2cccc(Cl)c2)c([N+](=O)[O-])c1. The molecule has 0 unspecified atom stereocenters. The van der Waals surface area contributed by atoms with Gasteiger partial charge in [0, 0.05) is 16.7 Å². The minimum Gasteiger partial charge on any atom is -0.327 e. The molecule has 0 aliphatic rings. The van der Waals surface area contributed by atoms with Crippen LogP contribution in [-0.4, -0.2) is 15.9 Å². The van der Waals surface area contributed by atoms with Crippen molar-refractivity contribution in [3.63, 3.8) is 0 Å². The number of nitro groups is 1. The number of nitrogens with one attached hydrogen (secondary N) is 2. The molecule has 0 heterocycles. The van der Waals surface area contributed by atoms with E-state index >= 15 is 0 Å². The summed E-state index contributed by atoms with van der Waals surface area (Å²) < 4.78 is 0. The molecule has 0 saturated carbocycles. The number of nitro benzene ring substituents is 1. The number of benzene rings is 2. The van der Waals surface area contributed by atoms with Crippen LogP contribution in [0.5, 0.6) is 0 Å². The van der Waals surface area contributed by atoms with E-state index in [2.05, 4.69) is 10.6 Å². The van der Waals surface area contributed by atoms with Gasteiger partial charge in [-0.1, -0.05) is 23.7 Å². The van der Waals surface area contributed by atoms with Gasteiger partial charge >= 0.3 is 0 Å². The van der Waals surface area contributed by atoms with Crippen molar-refractivity contribution < 1.29 is 9.72 Å². The lowest BCUT2D eigenvalue weighted by molar-refractivity contribution is -0.383. The minimum atomic E-state index is -0.517. The molecule has 0 bridgehead atoms. The zero-order chi connectivity index (χ0) is 17.0. The van der Waals surface area contributed by atoms with Crippen LogP contribution in [0.4, 0.5) is 11.4 Å². The maximum atomic E-state index is 12.0. The Morgan fingerprint density at radius 2 is 2.00 bits per heavy atom. The van der Waals surface area contributed by atoms with Crippen molar-refractivity contribution in [2.45, 2.75) is 6.92 Å². The lowest BCUT2D eigenvalue weighted by Gasteiger charge is -2.10. The third-order valence-electron chi connectivity index (χ3n) is 2.91. The summed E-state index contributed by atoms with van der Waals surface area (Å²) in [6.07, 6.45) is 0. The maximum Gasteiger partial charge on any atom is 0.292 e. The number of thiocarbonyl (C=S) groups is 1. The summed E-state index contributed by atoms with van der Waals surface area (Å²) >= 11 is 10.8. The van der Waals surface area contributed by atoms with Crippen LogP contribution in [-0.2, 0) is 0 Å². The normalized spacial score (nSPS) is 10.0. The summed E-state index contributed by atoms with van der Waals surface area (Å²) in [5.41, 5.74) is 1.16. The third-order valence-corrected chi connectivity index (χ3v) is 3.35. The van der Waals surface area contributed by atoms with E-state index in [9.17, 15) is 14.9 Å². The van der Waals surface area contributed by atoms with Crippen LogP contribution >= 0.6 is 23.8 Å². The third kappa shape index (κ3) is 4.48. The van der Waals surface area contributed by atoms with Crippen molar-refractivity contribution in [2.24, 2.45) is 0 Å². The smallest absolute Gasteiger partial charge is 0.292 e. The Balaban J connectivity index is 2.11. The number of anilines is 1. The van der Waals surface area contributed by atoms with E-state index in [0.29, 0.717) is 10.6 Å². The average molecular weight is 350 g/mol. The Morgan fingerprint density at radius 3 is 2.65 bits per heavy atom. The van der Waals surface area contributed by atoms with E-state index < -0.39 is 10.8 Å². The van der Waals surface area contributed by atoms with Gasteiger partial charge in [0.05, 0.1) is 4.92 Å². The predicted molar refractivity (Wildman–Crippen MR) is 93.0 cm³/mol. The van der Waals surface area contributed by atoms with Crippen molar-refractivity contribution in [3.05, 3.63) is 68.7 Å². The largest absolute Gasteiger partial charge is 0.327 e. The number of carbonyl (C=O) groups is 1. The number of carbonyl (C=O) groups excluding carboxylic acids is 1. The first-order valence-electron chi connectivity index (χ1n) is 6.50. The van der Waals surface area contributed by atoms with E-state index in [0.717, 1.165) is 5.56 Å². The molecule has 8 heteroatoms. The summed E-state index contributed by atoms with van der Waals surface area (Å²) in [7, 11) is 0. The Kier molecular flexibility index (Phi) is 5.25. The van der Waals surface area contributed by atoms with Gasteiger partial charge < -0.3 is 5.32 Å². The average Bonchev–Trinajstić information content (AvgIpc) is 2.48. The predicted octanol–water partition coefficient (Wildman–Crippen LogP) is 3.68. The fourth-order valence-corrected chi connectivity index (χ4v) is 2.25. The summed E-state index contributed by atoms with van der Waals surface area (Å²) in [6.45, 7) is 1.75. The van der Waals surface area contributed by atoms with E-state index in [1.165, 1.54) is 18.2 Å². The van der Waals surface area contributed by atoms with Gasteiger partial charge in [0.25, 0.3) is 11.6 Å². The van der Waals surface area contributed by atoms with Gasteiger partial charge in [0.2, 0.25) is 0 Å². The van der Waals surface area contributed by atoms with Crippen molar-refractivity contribution in [2.75, 3.05) is 5.32 Å². The van der Waals surface area contributed by atoms with E-state index in [-0.39, 0.29) is 16.5 Å². The molecule has 2 aromatic carbocycles. The van der Waals surface area contributed by atoms with Crippen molar-refractivity contribution in [1.29, 1.82) is 0 Å². The fraction of sp³-hybridized carbons (Fsp3) is 0.0667. The van der Waals surface area contributed by atoms with Gasteiger partial charge in [0.15, 0.2) is 5.11 Å². The lowest BCUT2D eigenvalue weighted by atomic mass is 10.2. The highest BCUT2D eigenvalue weighted by molar-refractivity contribution is 7.80. The van der Waals surface area contributed by atoms with Gasteiger partial charge in [-0.25, -0.2) is 0 Å². The molecule has 0 radical (unpaired) electrons. The van der Waals surface area contributed by atoms with Gasteiger partial charge in [-0.15, -0.1) is 0 Å². The van der Waals surface area contributed by atoms with Gasteiger partial charge in [-0.05, 0) is 49.0 Å². The zero-order valence-corrected chi connectivity index (χ0v) is 13.6. The molecule has 0 fully saturated rings. The standard InChI is InChI=1S/C15H12ClN3O3S/c1-9-5-6-12(13(7-9)19(21)22)17-15(23)18-14(20)10-3-2-4-11(16)8-10/h2-8H,1H3,(H2,17,18,20,23). The van der Waals surface area contributed by atoms with Gasteiger partial charge in [0.1, 0.15) is 5.69 Å². The minimum absolute atomic E-state index is 0.0399. The molecule has 0 spiro atoms. The second-order valence-corrected chi connectivity index (χ2v) is 5.54. The summed E-state index contributed by atoms with van der Waals surface area (Å²) in [5.74, 6) is -0.459. The molecule has 0 aliphatic carbocycles. The molecule has 6 nitrogen and oxygen atoms in total. The topological polar surface area (TPSA) is 84.3 Å². The van der Waals surface area contributed by atoms with Crippen LogP contribution in [0.15, 0.2) is 42.5 Å². The first kappa shape index (κ1) is 16.9. The Morgan fingerprint density at radius 1 is 1.26 bits per heavy atom. The number of aryl methyl sites for hydroxylation is 1. The fourth-order valence-electron chi connectivity index (χ4n) is 1.86. The quantitative estimate of drug-likeness (QED) is 0.501. The second kappa shape index (κ2) is 7.17. The molecule has 2 N–H and O–H groups in total. The van der Waals surface area contributed by atoms with Crippen molar-refractivity contribution >= 4 is 46.2 Å². The molecule has 0 aromatic heterocycles. The van der Waals surface area contributed by atoms with Crippen LogP contribution in [0.2, 0.25) is 5.02 Å². The molecule has 23 heavy (non-hydrogen) atoms. The molecule has 2 aromatic rings. The Labute approximate surface area is 142 Å². The molecule has 118 valence electrons. The zero-order valence-electron chi connectivity index (χ0n) is 12.0. The molecule has 1 amide bonds. The summed E-state index contributed by atoms with van der Waals surface area (Å²) in [5, 5.41) is 16.6. The number of hydrogen-bond acceptors (Lipinski definition) is 4. The second-order valence-electron chi connectivity index (χ2n) is 4.70. The van der Waals surface area contributed by atoms with Gasteiger partial charge in [-0.2, -0.15) is 0 Å². The number of rotatable bonds is 3. The van der Waals surface area contributed by atoms with Crippen LogP contribution in [0.25, 0.3) is 0 Å². The Hall–Kier alpha value is -2.51. The van der Waals surface area contributed by atoms with E-state index in [1.54, 1.807) is 31.2 Å². The molecular weight excluding hydrogens is 338 g/mol. The van der Waals surface area contributed by atoms with Crippen LogP contribution in [0.1, 0.15) is 15.9 Å². The molecular formula is C15H12ClN3O3S. The van der Waals surface area contributed by atoms with Crippen LogP contribution in [0, 0.1) is 17.0 Å². The monoisotopic (exact) mass is 349 g/mol. The number of amides is 1. The highest BCUT2D eigenvalue weighted by atomic mass is 35.5. The highest BCUT2D eigenvalue weighted by Crippen LogP contribution is 2.25. The maximum absolute atomic E-state index is 12.0.